The Morgan fingerprint density at radius 1 is 1.39 bits per heavy atom. The number of benzene rings is 1. The zero-order valence-corrected chi connectivity index (χ0v) is 12.4. The molecule has 4 heteroatoms. The van der Waals surface area contributed by atoms with Gasteiger partial charge in [0.2, 0.25) is 0 Å². The lowest BCUT2D eigenvalue weighted by Crippen LogP contribution is -2.32. The van der Waals surface area contributed by atoms with E-state index in [9.17, 15) is 0 Å². The van der Waals surface area contributed by atoms with Gasteiger partial charge >= 0.3 is 0 Å². The van der Waals surface area contributed by atoms with Crippen LogP contribution in [0.15, 0.2) is 12.1 Å². The fourth-order valence-electron chi connectivity index (χ4n) is 3.14. The summed E-state index contributed by atoms with van der Waals surface area (Å²) in [6.07, 6.45) is 1.13. The molecule has 100 valence electrons. The minimum atomic E-state index is 0. The van der Waals surface area contributed by atoms with Gasteiger partial charge < -0.3 is 10.2 Å². The van der Waals surface area contributed by atoms with Gasteiger partial charge in [-0.2, -0.15) is 0 Å². The average Bonchev–Trinajstić information content (AvgIpc) is 2.57. The fourth-order valence-corrected chi connectivity index (χ4v) is 3.42. The van der Waals surface area contributed by atoms with Crippen LogP contribution in [0.25, 0.3) is 0 Å². The van der Waals surface area contributed by atoms with Crippen molar-refractivity contribution in [2.24, 2.45) is 0 Å². The predicted octanol–water partition coefficient (Wildman–Crippen LogP) is 3.22. The molecule has 2 aliphatic rings. The van der Waals surface area contributed by atoms with Crippen LogP contribution in [0.4, 0.5) is 5.69 Å². The second kappa shape index (κ2) is 5.28. The Kier molecular flexibility index (Phi) is 4.10. The summed E-state index contributed by atoms with van der Waals surface area (Å²) in [5.74, 6) is 0.614. The first-order valence-corrected chi connectivity index (χ1v) is 6.85. The van der Waals surface area contributed by atoms with E-state index in [1.165, 1.54) is 16.8 Å². The van der Waals surface area contributed by atoms with Crippen LogP contribution in [0.3, 0.4) is 0 Å². The highest BCUT2D eigenvalue weighted by atomic mass is 35.5. The molecule has 2 nitrogen and oxygen atoms in total. The zero-order chi connectivity index (χ0) is 12.0. The van der Waals surface area contributed by atoms with Crippen LogP contribution < -0.4 is 10.2 Å². The van der Waals surface area contributed by atoms with Crippen LogP contribution in [0.5, 0.6) is 0 Å². The topological polar surface area (TPSA) is 15.3 Å². The Hall–Kier alpha value is -0.440. The highest BCUT2D eigenvalue weighted by Gasteiger charge is 2.34. The Morgan fingerprint density at radius 3 is 2.89 bits per heavy atom. The molecule has 0 radical (unpaired) electrons. The number of rotatable bonds is 1. The van der Waals surface area contributed by atoms with E-state index in [2.05, 4.69) is 36.2 Å². The van der Waals surface area contributed by atoms with Gasteiger partial charge in [0.1, 0.15) is 0 Å². The smallest absolute Gasteiger partial charge is 0.0642 e. The number of nitrogens with zero attached hydrogens (tertiary/aromatic N) is 1. The number of halogens is 2. The first-order valence-electron chi connectivity index (χ1n) is 6.47. The van der Waals surface area contributed by atoms with E-state index < -0.39 is 0 Å². The van der Waals surface area contributed by atoms with Crippen LogP contribution in [-0.2, 0) is 6.42 Å². The summed E-state index contributed by atoms with van der Waals surface area (Å²) < 4.78 is 0. The van der Waals surface area contributed by atoms with Crippen LogP contribution >= 0.6 is 24.0 Å². The predicted molar refractivity (Wildman–Crippen MR) is 80.5 cm³/mol. The Morgan fingerprint density at radius 2 is 2.17 bits per heavy atom. The van der Waals surface area contributed by atoms with Gasteiger partial charge in [-0.3, -0.25) is 0 Å². The van der Waals surface area contributed by atoms with Crippen LogP contribution in [0.1, 0.15) is 30.9 Å². The summed E-state index contributed by atoms with van der Waals surface area (Å²) in [6.45, 7) is 7.77. The second-order valence-electron chi connectivity index (χ2n) is 5.37. The molecule has 1 atom stereocenters. The van der Waals surface area contributed by atoms with Gasteiger partial charge in [0.15, 0.2) is 0 Å². The minimum absolute atomic E-state index is 0. The summed E-state index contributed by atoms with van der Waals surface area (Å²) in [5.41, 5.74) is 4.30. The van der Waals surface area contributed by atoms with Crippen molar-refractivity contribution in [2.75, 3.05) is 24.5 Å². The summed E-state index contributed by atoms with van der Waals surface area (Å²) in [7, 11) is 0. The van der Waals surface area contributed by atoms with Gasteiger partial charge in [0, 0.05) is 25.0 Å². The van der Waals surface area contributed by atoms with E-state index in [1.54, 1.807) is 0 Å². The van der Waals surface area contributed by atoms with E-state index in [1.807, 2.05) is 0 Å². The third-order valence-electron chi connectivity index (χ3n) is 3.96. The minimum Gasteiger partial charge on any atom is -0.367 e. The molecule has 0 saturated carbocycles. The second-order valence-corrected chi connectivity index (χ2v) is 5.77. The Labute approximate surface area is 120 Å². The van der Waals surface area contributed by atoms with Crippen molar-refractivity contribution >= 4 is 29.7 Å². The molecular weight excluding hydrogens is 267 g/mol. The van der Waals surface area contributed by atoms with Gasteiger partial charge in [0.25, 0.3) is 0 Å². The first-order chi connectivity index (χ1) is 8.18. The summed E-state index contributed by atoms with van der Waals surface area (Å²) in [5, 5.41) is 4.46. The summed E-state index contributed by atoms with van der Waals surface area (Å²) >= 11 is 6.42. The maximum atomic E-state index is 6.42. The van der Waals surface area contributed by atoms with E-state index in [4.69, 9.17) is 11.6 Å². The molecule has 0 aromatic heterocycles. The van der Waals surface area contributed by atoms with Crippen LogP contribution in [-0.4, -0.2) is 25.7 Å². The molecule has 0 amide bonds. The molecule has 0 unspecified atom stereocenters. The molecule has 3 rings (SSSR count). The maximum Gasteiger partial charge on any atom is 0.0642 e. The van der Waals surface area contributed by atoms with Gasteiger partial charge in [-0.05, 0) is 44.0 Å². The van der Waals surface area contributed by atoms with E-state index >= 15 is 0 Å². The van der Waals surface area contributed by atoms with Crippen molar-refractivity contribution in [2.45, 2.75) is 32.2 Å². The number of nitrogens with one attached hydrogen (secondary N) is 1. The zero-order valence-electron chi connectivity index (χ0n) is 10.9. The molecular formula is C14H20Cl2N2. The Bertz CT molecular complexity index is 446. The lowest BCUT2D eigenvalue weighted by molar-refractivity contribution is 0.594. The van der Waals surface area contributed by atoms with Crippen LogP contribution in [0, 0.1) is 0 Å². The lowest BCUT2D eigenvalue weighted by atomic mass is 9.95. The molecule has 0 bridgehead atoms. The van der Waals surface area contributed by atoms with Crippen molar-refractivity contribution in [3.8, 4) is 0 Å². The molecule has 1 aromatic rings. The first kappa shape index (κ1) is 14.0. The number of anilines is 1. The lowest BCUT2D eigenvalue weighted by Gasteiger charge is -2.25. The molecule has 0 aliphatic carbocycles. The number of hydrogen-bond acceptors (Lipinski definition) is 2. The monoisotopic (exact) mass is 286 g/mol. The van der Waals surface area contributed by atoms with E-state index in [-0.39, 0.29) is 12.4 Å². The van der Waals surface area contributed by atoms with Gasteiger partial charge in [-0.1, -0.05) is 17.7 Å². The molecule has 1 N–H and O–H groups in total. The SMILES string of the molecule is CC(C)N1C[C@@H]2CNCCc3ccc(Cl)c1c32.Cl. The largest absolute Gasteiger partial charge is 0.367 e. The third kappa shape index (κ3) is 2.11. The average molecular weight is 287 g/mol. The van der Waals surface area contributed by atoms with Crippen LogP contribution in [0.2, 0.25) is 5.02 Å². The molecule has 0 spiro atoms. The quantitative estimate of drug-likeness (QED) is 0.853. The molecule has 2 aliphatic heterocycles. The fraction of sp³-hybridized carbons (Fsp3) is 0.571. The summed E-state index contributed by atoms with van der Waals surface area (Å²) in [4.78, 5) is 2.46. The summed E-state index contributed by atoms with van der Waals surface area (Å²) in [6, 6.07) is 4.80. The van der Waals surface area contributed by atoms with Gasteiger partial charge in [0.05, 0.1) is 10.7 Å². The number of hydrogen-bond donors (Lipinski definition) is 1. The molecule has 2 heterocycles. The van der Waals surface area contributed by atoms with Crippen molar-refractivity contribution < 1.29 is 0 Å². The van der Waals surface area contributed by atoms with Crippen molar-refractivity contribution in [3.05, 3.63) is 28.3 Å². The molecule has 0 saturated heterocycles. The normalized spacial score (nSPS) is 21.6. The maximum absolute atomic E-state index is 6.42. The Balaban J connectivity index is 0.00000120. The standard InChI is InChI=1S/C14H19ClN2.ClH/c1-9(2)17-8-11-7-16-6-5-10-3-4-12(15)14(17)13(10)11;/h3-4,9,11,16H,5-8H2,1-2H3;1H/t11-;/m0./s1. The van der Waals surface area contributed by atoms with Gasteiger partial charge in [-0.25, -0.2) is 0 Å². The van der Waals surface area contributed by atoms with Crippen molar-refractivity contribution in [1.29, 1.82) is 0 Å². The third-order valence-corrected chi connectivity index (χ3v) is 4.26. The van der Waals surface area contributed by atoms with Crippen molar-refractivity contribution in [1.82, 2.24) is 5.32 Å². The molecule has 18 heavy (non-hydrogen) atoms. The van der Waals surface area contributed by atoms with Crippen molar-refractivity contribution in [3.63, 3.8) is 0 Å². The highest BCUT2D eigenvalue weighted by molar-refractivity contribution is 6.33. The molecule has 0 fully saturated rings. The highest BCUT2D eigenvalue weighted by Crippen LogP contribution is 2.44. The molecule has 1 aromatic carbocycles. The van der Waals surface area contributed by atoms with Gasteiger partial charge in [-0.15, -0.1) is 12.4 Å². The van der Waals surface area contributed by atoms with E-state index in [0.29, 0.717) is 12.0 Å². The van der Waals surface area contributed by atoms with E-state index in [0.717, 1.165) is 31.1 Å².